The molecule has 0 radical (unpaired) electrons. The summed E-state index contributed by atoms with van der Waals surface area (Å²) in [7, 11) is 0. The number of fused-ring (bicyclic) bond motifs is 1. The van der Waals surface area contributed by atoms with Gasteiger partial charge in [0.2, 0.25) is 0 Å². The molecule has 4 atom stereocenters. The van der Waals surface area contributed by atoms with Gasteiger partial charge in [0, 0.05) is 16.8 Å². The van der Waals surface area contributed by atoms with E-state index in [1.54, 1.807) is 0 Å². The third kappa shape index (κ3) is 2.71. The molecule has 0 aromatic heterocycles. The van der Waals surface area contributed by atoms with Gasteiger partial charge in [0.1, 0.15) is 0 Å². The van der Waals surface area contributed by atoms with Gasteiger partial charge in [-0.15, -0.1) is 0 Å². The zero-order valence-electron chi connectivity index (χ0n) is 11.7. The molecule has 0 unspecified atom stereocenters. The van der Waals surface area contributed by atoms with Crippen LogP contribution in [0.4, 0.5) is 0 Å². The second kappa shape index (κ2) is 5.36. The molecule has 2 heterocycles. The summed E-state index contributed by atoms with van der Waals surface area (Å²) in [5.74, 6) is 0.566. The first-order valence-electron chi connectivity index (χ1n) is 7.66. The van der Waals surface area contributed by atoms with Gasteiger partial charge in [-0.1, -0.05) is 22.4 Å². The van der Waals surface area contributed by atoms with Crippen molar-refractivity contribution in [1.29, 1.82) is 0 Å². The predicted molar refractivity (Wildman–Crippen MR) is 78.3 cm³/mol. The van der Waals surface area contributed by atoms with Crippen molar-refractivity contribution in [2.24, 2.45) is 11.3 Å². The topological polar surface area (TPSA) is 29.5 Å². The van der Waals surface area contributed by atoms with Crippen molar-refractivity contribution >= 4 is 21.9 Å². The number of ether oxygens (including phenoxy) is 1. The Labute approximate surface area is 124 Å². The zero-order chi connectivity index (χ0) is 13.5. The molecular weight excluding hydrogens is 306 g/mol. The molecule has 2 aliphatic heterocycles. The average Bonchev–Trinajstić information content (AvgIpc) is 3.05. The van der Waals surface area contributed by atoms with E-state index in [9.17, 15) is 4.79 Å². The van der Waals surface area contributed by atoms with Crippen LogP contribution in [0.2, 0.25) is 0 Å². The Morgan fingerprint density at radius 2 is 2.05 bits per heavy atom. The van der Waals surface area contributed by atoms with E-state index in [4.69, 9.17) is 4.74 Å². The van der Waals surface area contributed by atoms with Crippen LogP contribution in [0.5, 0.6) is 0 Å². The van der Waals surface area contributed by atoms with Crippen LogP contribution < -0.4 is 0 Å². The Morgan fingerprint density at radius 1 is 1.32 bits per heavy atom. The zero-order valence-corrected chi connectivity index (χ0v) is 13.3. The Bertz CT molecular complexity index is 360. The van der Waals surface area contributed by atoms with E-state index in [-0.39, 0.29) is 11.4 Å². The summed E-state index contributed by atoms with van der Waals surface area (Å²) in [6.07, 6.45) is 7.38. The molecule has 0 aromatic rings. The predicted octanol–water partition coefficient (Wildman–Crippen LogP) is 2.97. The fourth-order valence-electron chi connectivity index (χ4n) is 3.64. The van der Waals surface area contributed by atoms with Crippen LogP contribution in [0.15, 0.2) is 0 Å². The van der Waals surface area contributed by atoms with Crippen LogP contribution in [-0.4, -0.2) is 41.4 Å². The third-order valence-corrected chi connectivity index (χ3v) is 6.59. The smallest absolute Gasteiger partial charge is 0.312 e. The highest BCUT2D eigenvalue weighted by Gasteiger charge is 2.56. The van der Waals surface area contributed by atoms with Crippen molar-refractivity contribution in [3.63, 3.8) is 0 Å². The summed E-state index contributed by atoms with van der Waals surface area (Å²) in [5, 5.41) is 0. The van der Waals surface area contributed by atoms with E-state index >= 15 is 0 Å². The summed E-state index contributed by atoms with van der Waals surface area (Å²) >= 11 is 3.52. The number of piperidine rings is 2. The molecule has 2 saturated heterocycles. The van der Waals surface area contributed by atoms with Crippen LogP contribution in [0, 0.1) is 11.3 Å². The normalized spacial score (nSPS) is 42.5. The summed E-state index contributed by atoms with van der Waals surface area (Å²) in [5.41, 5.74) is -0.249. The van der Waals surface area contributed by atoms with Gasteiger partial charge in [0.05, 0.1) is 12.0 Å². The summed E-state index contributed by atoms with van der Waals surface area (Å²) in [4.78, 5) is 15.0. The molecule has 0 bridgehead atoms. The van der Waals surface area contributed by atoms with Crippen LogP contribution in [0.1, 0.15) is 45.4 Å². The van der Waals surface area contributed by atoms with Crippen molar-refractivity contribution in [1.82, 2.24) is 4.90 Å². The van der Waals surface area contributed by atoms with Gasteiger partial charge in [-0.05, 0) is 52.1 Å². The van der Waals surface area contributed by atoms with Gasteiger partial charge in [0.25, 0.3) is 0 Å². The number of nitrogens with zero attached hydrogens (tertiary/aromatic N) is 1. The maximum absolute atomic E-state index is 12.1. The second-order valence-electron chi connectivity index (χ2n) is 6.69. The monoisotopic (exact) mass is 329 g/mol. The Morgan fingerprint density at radius 3 is 2.79 bits per heavy atom. The van der Waals surface area contributed by atoms with Gasteiger partial charge < -0.3 is 4.74 Å². The maximum atomic E-state index is 12.1. The van der Waals surface area contributed by atoms with E-state index in [0.717, 1.165) is 6.42 Å². The molecule has 3 rings (SSSR count). The van der Waals surface area contributed by atoms with Gasteiger partial charge >= 0.3 is 5.97 Å². The summed E-state index contributed by atoms with van der Waals surface area (Å²) in [6, 6.07) is 0.669. The van der Waals surface area contributed by atoms with Crippen LogP contribution in [0.3, 0.4) is 0 Å². The van der Waals surface area contributed by atoms with Gasteiger partial charge in [-0.2, -0.15) is 0 Å². The van der Waals surface area contributed by atoms with Gasteiger partial charge in [0.15, 0.2) is 0 Å². The van der Waals surface area contributed by atoms with Crippen molar-refractivity contribution in [2.45, 2.75) is 56.3 Å². The Hall–Kier alpha value is -0.0900. The first-order chi connectivity index (χ1) is 9.11. The quantitative estimate of drug-likeness (QED) is 0.589. The molecule has 0 N–H and O–H groups in total. The lowest BCUT2D eigenvalue weighted by Crippen LogP contribution is -2.49. The first-order valence-corrected chi connectivity index (χ1v) is 8.58. The SMILES string of the molecule is C[C@@]1(C(=O)OC[C@@H]2CCCN3CCCC[C@H]23)C[C@H]1Br. The Kier molecular flexibility index (Phi) is 3.91. The number of esters is 1. The Balaban J connectivity index is 1.53. The molecule has 0 spiro atoms. The highest BCUT2D eigenvalue weighted by atomic mass is 79.9. The maximum Gasteiger partial charge on any atom is 0.312 e. The lowest BCUT2D eigenvalue weighted by molar-refractivity contribution is -0.152. The van der Waals surface area contributed by atoms with E-state index in [1.807, 2.05) is 6.92 Å². The van der Waals surface area contributed by atoms with Crippen LogP contribution in [0.25, 0.3) is 0 Å². The average molecular weight is 330 g/mol. The van der Waals surface area contributed by atoms with E-state index in [2.05, 4.69) is 20.8 Å². The molecule has 1 aliphatic carbocycles. The number of halogens is 1. The highest BCUT2D eigenvalue weighted by Crippen LogP contribution is 2.52. The van der Waals surface area contributed by atoms with E-state index in [0.29, 0.717) is 23.4 Å². The first kappa shape index (κ1) is 13.9. The lowest BCUT2D eigenvalue weighted by atomic mass is 9.84. The number of alkyl halides is 1. The molecule has 19 heavy (non-hydrogen) atoms. The minimum Gasteiger partial charge on any atom is -0.465 e. The van der Waals surface area contributed by atoms with Crippen molar-refractivity contribution in [2.75, 3.05) is 19.7 Å². The van der Waals surface area contributed by atoms with Crippen molar-refractivity contribution in [3.05, 3.63) is 0 Å². The van der Waals surface area contributed by atoms with Gasteiger partial charge in [-0.3, -0.25) is 9.69 Å². The minimum absolute atomic E-state index is 0.00214. The van der Waals surface area contributed by atoms with E-state index in [1.165, 1.54) is 45.2 Å². The molecule has 3 nitrogen and oxygen atoms in total. The molecular formula is C15H24BrNO2. The van der Waals surface area contributed by atoms with Gasteiger partial charge in [-0.25, -0.2) is 0 Å². The molecule has 108 valence electrons. The summed E-state index contributed by atoms with van der Waals surface area (Å²) < 4.78 is 5.63. The second-order valence-corrected chi connectivity index (χ2v) is 7.79. The third-order valence-electron chi connectivity index (χ3n) is 5.26. The minimum atomic E-state index is -0.249. The molecule has 3 fully saturated rings. The number of hydrogen-bond donors (Lipinski definition) is 0. The molecule has 1 saturated carbocycles. The molecule has 0 amide bonds. The lowest BCUT2D eigenvalue weighted by Gasteiger charge is -2.44. The fourth-order valence-corrected chi connectivity index (χ4v) is 4.50. The number of rotatable bonds is 3. The van der Waals surface area contributed by atoms with Crippen LogP contribution >= 0.6 is 15.9 Å². The fraction of sp³-hybridized carbons (Fsp3) is 0.933. The van der Waals surface area contributed by atoms with Crippen LogP contribution in [-0.2, 0) is 9.53 Å². The molecule has 0 aromatic carbocycles. The summed E-state index contributed by atoms with van der Waals surface area (Å²) in [6.45, 7) is 5.13. The standard InChI is InChI=1S/C15H24BrNO2/c1-15(9-13(15)16)14(18)19-10-11-5-4-8-17-7-3-2-6-12(11)17/h11-13H,2-10H2,1H3/t11-,12+,13+,15+/m0/s1. The highest BCUT2D eigenvalue weighted by molar-refractivity contribution is 9.09. The number of hydrogen-bond acceptors (Lipinski definition) is 3. The molecule has 3 aliphatic rings. The number of carbonyl (C=O) groups is 1. The van der Waals surface area contributed by atoms with Crippen molar-refractivity contribution in [3.8, 4) is 0 Å². The molecule has 4 heteroatoms. The largest absolute Gasteiger partial charge is 0.465 e. The number of carbonyl (C=O) groups excluding carboxylic acids is 1. The van der Waals surface area contributed by atoms with Crippen molar-refractivity contribution < 1.29 is 9.53 Å². The van der Waals surface area contributed by atoms with E-state index < -0.39 is 0 Å².